The van der Waals surface area contributed by atoms with E-state index in [0.717, 1.165) is 11.3 Å². The number of amides is 1. The smallest absolute Gasteiger partial charge is 0.265 e. The molecule has 0 radical (unpaired) electrons. The Morgan fingerprint density at radius 1 is 1.48 bits per heavy atom. The maximum absolute atomic E-state index is 12.4. The van der Waals surface area contributed by atoms with E-state index in [0.29, 0.717) is 16.6 Å². The number of nitrogens with zero attached hydrogens (tertiary/aromatic N) is 2. The lowest BCUT2D eigenvalue weighted by Gasteiger charge is -2.10. The molecule has 0 saturated carbocycles. The van der Waals surface area contributed by atoms with Gasteiger partial charge in [0, 0.05) is 19.7 Å². The quantitative estimate of drug-likeness (QED) is 0.943. The van der Waals surface area contributed by atoms with Crippen molar-refractivity contribution in [2.75, 3.05) is 25.6 Å². The molecule has 21 heavy (non-hydrogen) atoms. The molecule has 0 saturated heterocycles. The summed E-state index contributed by atoms with van der Waals surface area (Å²) in [5.74, 6) is 0.586. The number of aromatic nitrogens is 1. The molecule has 0 fully saturated rings. The van der Waals surface area contributed by atoms with Gasteiger partial charge in [-0.15, -0.1) is 0 Å². The topological polar surface area (TPSA) is 54.5 Å². The molecule has 1 aliphatic heterocycles. The minimum atomic E-state index is -0.226. The zero-order valence-electron chi connectivity index (χ0n) is 11.6. The van der Waals surface area contributed by atoms with Gasteiger partial charge in [-0.05, 0) is 6.07 Å². The average molecular weight is 324 g/mol. The molecule has 2 aromatic rings. The second kappa shape index (κ2) is 5.54. The highest BCUT2D eigenvalue weighted by Crippen LogP contribution is 2.33. The summed E-state index contributed by atoms with van der Waals surface area (Å²) < 4.78 is 5.55. The van der Waals surface area contributed by atoms with Crippen molar-refractivity contribution in [1.29, 1.82) is 0 Å². The van der Waals surface area contributed by atoms with Gasteiger partial charge in [-0.25, -0.2) is 4.98 Å². The van der Waals surface area contributed by atoms with Crippen LogP contribution in [0.25, 0.3) is 0 Å². The van der Waals surface area contributed by atoms with Crippen LogP contribution < -0.4 is 15.0 Å². The predicted octanol–water partition coefficient (Wildman–Crippen LogP) is 2.73. The average Bonchev–Trinajstić information content (AvgIpc) is 3.03. The Labute approximate surface area is 131 Å². The Hall–Kier alpha value is -1.79. The summed E-state index contributed by atoms with van der Waals surface area (Å²) in [6, 6.07) is 7.52. The molecule has 1 aromatic heterocycles. The van der Waals surface area contributed by atoms with Crippen LogP contribution in [0.3, 0.4) is 0 Å². The van der Waals surface area contributed by atoms with E-state index in [1.54, 1.807) is 0 Å². The molecular formula is C14H14ClN3O2S. The van der Waals surface area contributed by atoms with Gasteiger partial charge in [0.25, 0.3) is 5.91 Å². The maximum atomic E-state index is 12.4. The van der Waals surface area contributed by atoms with Gasteiger partial charge in [0.05, 0.1) is 6.04 Å². The lowest BCUT2D eigenvalue weighted by molar-refractivity contribution is 0.0934. The molecule has 7 heteroatoms. The van der Waals surface area contributed by atoms with Crippen molar-refractivity contribution in [3.05, 3.63) is 39.9 Å². The maximum Gasteiger partial charge on any atom is 0.265 e. The van der Waals surface area contributed by atoms with Crippen LogP contribution >= 0.6 is 22.9 Å². The fourth-order valence-corrected chi connectivity index (χ4v) is 3.24. The van der Waals surface area contributed by atoms with Gasteiger partial charge in [-0.2, -0.15) is 0 Å². The normalized spacial score (nSPS) is 16.2. The van der Waals surface area contributed by atoms with Crippen LogP contribution in [-0.2, 0) is 0 Å². The second-order valence-corrected chi connectivity index (χ2v) is 6.22. The minimum Gasteiger partial charge on any atom is -0.491 e. The molecule has 1 atom stereocenters. The highest BCUT2D eigenvalue weighted by Gasteiger charge is 2.27. The summed E-state index contributed by atoms with van der Waals surface area (Å²) in [6.45, 7) is 0.433. The molecule has 1 aromatic carbocycles. The number of para-hydroxylation sites is 1. The number of ether oxygens (including phenoxy) is 1. The van der Waals surface area contributed by atoms with Crippen LogP contribution in [0.15, 0.2) is 24.3 Å². The molecule has 0 aliphatic carbocycles. The van der Waals surface area contributed by atoms with Crippen molar-refractivity contribution in [1.82, 2.24) is 10.3 Å². The van der Waals surface area contributed by atoms with Crippen LogP contribution in [0.4, 0.5) is 5.13 Å². The molecule has 0 bridgehead atoms. The zero-order chi connectivity index (χ0) is 15.0. The van der Waals surface area contributed by atoms with Crippen molar-refractivity contribution < 1.29 is 9.53 Å². The first kappa shape index (κ1) is 14.2. The van der Waals surface area contributed by atoms with E-state index in [2.05, 4.69) is 10.3 Å². The SMILES string of the molecule is CN(C)c1nc(Cl)c(C(=O)N[C@H]2COc3ccccc32)s1. The minimum absolute atomic E-state index is 0.158. The van der Waals surface area contributed by atoms with E-state index in [9.17, 15) is 4.79 Å². The summed E-state index contributed by atoms with van der Waals surface area (Å²) in [6.07, 6.45) is 0. The van der Waals surface area contributed by atoms with Gasteiger partial charge in [-0.3, -0.25) is 4.79 Å². The van der Waals surface area contributed by atoms with E-state index in [1.807, 2.05) is 43.3 Å². The summed E-state index contributed by atoms with van der Waals surface area (Å²) in [5.41, 5.74) is 0.985. The summed E-state index contributed by atoms with van der Waals surface area (Å²) >= 11 is 7.32. The highest BCUT2D eigenvalue weighted by molar-refractivity contribution is 7.18. The van der Waals surface area contributed by atoms with Crippen molar-refractivity contribution >= 4 is 34.0 Å². The Morgan fingerprint density at radius 2 is 2.24 bits per heavy atom. The number of carbonyl (C=O) groups excluding carboxylic acids is 1. The van der Waals surface area contributed by atoms with E-state index < -0.39 is 0 Å². The molecule has 0 spiro atoms. The first-order valence-electron chi connectivity index (χ1n) is 6.42. The number of halogens is 1. The number of benzene rings is 1. The molecular weight excluding hydrogens is 310 g/mol. The van der Waals surface area contributed by atoms with Gasteiger partial charge in [-0.1, -0.05) is 41.1 Å². The molecule has 1 amide bonds. The highest BCUT2D eigenvalue weighted by atomic mass is 35.5. The number of nitrogens with one attached hydrogen (secondary N) is 1. The number of hydrogen-bond donors (Lipinski definition) is 1. The van der Waals surface area contributed by atoms with Gasteiger partial charge >= 0.3 is 0 Å². The lowest BCUT2D eigenvalue weighted by atomic mass is 10.1. The van der Waals surface area contributed by atoms with Crippen LogP contribution in [-0.4, -0.2) is 31.6 Å². The third-order valence-corrected chi connectivity index (χ3v) is 4.78. The third-order valence-electron chi connectivity index (χ3n) is 3.17. The zero-order valence-corrected chi connectivity index (χ0v) is 13.2. The van der Waals surface area contributed by atoms with Gasteiger partial charge in [0.15, 0.2) is 10.3 Å². The number of thiazole rings is 1. The predicted molar refractivity (Wildman–Crippen MR) is 83.6 cm³/mol. The van der Waals surface area contributed by atoms with E-state index >= 15 is 0 Å². The van der Waals surface area contributed by atoms with Gasteiger partial charge in [0.1, 0.15) is 17.2 Å². The second-order valence-electron chi connectivity index (χ2n) is 4.89. The molecule has 0 unspecified atom stereocenters. The van der Waals surface area contributed by atoms with E-state index in [1.165, 1.54) is 11.3 Å². The Morgan fingerprint density at radius 3 is 2.95 bits per heavy atom. The molecule has 1 aliphatic rings. The first-order chi connectivity index (χ1) is 10.1. The Bertz CT molecular complexity index is 687. The summed E-state index contributed by atoms with van der Waals surface area (Å²) in [5, 5.41) is 3.88. The largest absolute Gasteiger partial charge is 0.491 e. The fraction of sp³-hybridized carbons (Fsp3) is 0.286. The van der Waals surface area contributed by atoms with Crippen molar-refractivity contribution in [2.24, 2.45) is 0 Å². The van der Waals surface area contributed by atoms with Crippen LogP contribution in [0.5, 0.6) is 5.75 Å². The van der Waals surface area contributed by atoms with Crippen molar-refractivity contribution in [3.63, 3.8) is 0 Å². The molecule has 3 rings (SSSR count). The van der Waals surface area contributed by atoms with E-state index in [-0.39, 0.29) is 17.1 Å². The number of carbonyl (C=O) groups is 1. The van der Waals surface area contributed by atoms with Crippen molar-refractivity contribution in [3.8, 4) is 5.75 Å². The van der Waals surface area contributed by atoms with E-state index in [4.69, 9.17) is 16.3 Å². The lowest BCUT2D eigenvalue weighted by Crippen LogP contribution is -2.29. The molecule has 1 N–H and O–H groups in total. The number of fused-ring (bicyclic) bond motifs is 1. The summed E-state index contributed by atoms with van der Waals surface area (Å²) in [4.78, 5) is 18.8. The first-order valence-corrected chi connectivity index (χ1v) is 7.62. The third kappa shape index (κ3) is 2.69. The van der Waals surface area contributed by atoms with Gasteiger partial charge < -0.3 is 15.0 Å². The molecule has 2 heterocycles. The Kier molecular flexibility index (Phi) is 3.73. The molecule has 5 nitrogen and oxygen atoms in total. The van der Waals surface area contributed by atoms with Crippen molar-refractivity contribution in [2.45, 2.75) is 6.04 Å². The summed E-state index contributed by atoms with van der Waals surface area (Å²) in [7, 11) is 3.72. The van der Waals surface area contributed by atoms with Crippen LogP contribution in [0.1, 0.15) is 21.3 Å². The number of rotatable bonds is 3. The monoisotopic (exact) mass is 323 g/mol. The molecule has 110 valence electrons. The van der Waals surface area contributed by atoms with Gasteiger partial charge in [0.2, 0.25) is 0 Å². The Balaban J connectivity index is 1.79. The number of hydrogen-bond acceptors (Lipinski definition) is 5. The fourth-order valence-electron chi connectivity index (χ4n) is 2.13. The van der Waals surface area contributed by atoms with Crippen LogP contribution in [0.2, 0.25) is 5.15 Å². The van der Waals surface area contributed by atoms with Crippen LogP contribution in [0, 0.1) is 0 Å². The standard InChI is InChI=1S/C14H14ClN3O2S/c1-18(2)14-17-12(15)11(21-14)13(19)16-9-7-20-10-6-4-3-5-8(9)10/h3-6,9H,7H2,1-2H3,(H,16,19)/t9-/m0/s1. The number of anilines is 1.